The first kappa shape index (κ1) is 10.2. The van der Waals surface area contributed by atoms with Gasteiger partial charge in [-0.2, -0.15) is 0 Å². The fourth-order valence-electron chi connectivity index (χ4n) is 2.13. The smallest absolute Gasteiger partial charge is 0.195 e. The molecule has 15 heavy (non-hydrogen) atoms. The van der Waals surface area contributed by atoms with E-state index in [-0.39, 0.29) is 5.54 Å². The Bertz CT molecular complexity index is 418. The van der Waals surface area contributed by atoms with E-state index in [1.54, 1.807) is 0 Å². The van der Waals surface area contributed by atoms with Crippen LogP contribution in [-0.2, 0) is 0 Å². The van der Waals surface area contributed by atoms with Crippen molar-refractivity contribution in [2.45, 2.75) is 39.2 Å². The number of hydrogen-bond donors (Lipinski definition) is 0. The topological polar surface area (TPSA) is 26.1 Å². The summed E-state index contributed by atoms with van der Waals surface area (Å²) in [5.41, 5.74) is 3.00. The van der Waals surface area contributed by atoms with Crippen LogP contribution in [0.25, 0.3) is 0 Å². The molecule has 0 aliphatic carbocycles. The quantitative estimate of drug-likeness (QED) is 0.509. The van der Waals surface area contributed by atoms with E-state index in [1.165, 1.54) is 10.3 Å². The van der Waals surface area contributed by atoms with Crippen molar-refractivity contribution in [1.29, 1.82) is 0 Å². The first-order valence-corrected chi connectivity index (χ1v) is 5.41. The van der Waals surface area contributed by atoms with E-state index in [2.05, 4.69) is 13.0 Å². The summed E-state index contributed by atoms with van der Waals surface area (Å²) >= 11 is 0. The molecule has 1 aliphatic heterocycles. The maximum Gasteiger partial charge on any atom is 0.195 e. The molecule has 0 radical (unpaired) electrons. The minimum absolute atomic E-state index is 0.238. The van der Waals surface area contributed by atoms with Crippen molar-refractivity contribution in [2.75, 3.05) is 0 Å². The van der Waals surface area contributed by atoms with Crippen LogP contribution in [0.4, 0.5) is 0 Å². The summed E-state index contributed by atoms with van der Waals surface area (Å²) in [4.78, 5) is 0. The molecule has 0 bridgehead atoms. The molecule has 2 rings (SSSR count). The molecule has 0 unspecified atom stereocenters. The first-order chi connectivity index (χ1) is 7.02. The summed E-state index contributed by atoms with van der Waals surface area (Å²) in [6.45, 7) is 6.07. The van der Waals surface area contributed by atoms with E-state index in [1.807, 2.05) is 32.0 Å². The van der Waals surface area contributed by atoms with Crippen LogP contribution >= 0.6 is 0 Å². The van der Waals surface area contributed by atoms with Crippen LogP contribution in [0.1, 0.15) is 37.8 Å². The molecule has 2 heteroatoms. The molecular weight excluding hydrogens is 186 g/mol. The lowest BCUT2D eigenvalue weighted by atomic mass is 9.99. The molecule has 0 saturated heterocycles. The Morgan fingerprint density at radius 1 is 1.27 bits per heavy atom. The Balaban J connectivity index is 2.50. The van der Waals surface area contributed by atoms with Gasteiger partial charge in [0.2, 0.25) is 0 Å². The molecule has 0 N–H and O–H groups in total. The summed E-state index contributed by atoms with van der Waals surface area (Å²) < 4.78 is 1.19. The molecule has 2 nitrogen and oxygen atoms in total. The molecule has 1 aliphatic rings. The van der Waals surface area contributed by atoms with Gasteiger partial charge in [0.05, 0.1) is 0 Å². The third-order valence-electron chi connectivity index (χ3n) is 3.22. The predicted octanol–water partition coefficient (Wildman–Crippen LogP) is 2.87. The number of nitrogens with zero attached hydrogens (tertiary/aromatic N) is 1. The van der Waals surface area contributed by atoms with Gasteiger partial charge in [-0.3, -0.25) is 0 Å². The van der Waals surface area contributed by atoms with Gasteiger partial charge in [-0.25, -0.2) is 4.74 Å². The highest BCUT2D eigenvalue weighted by molar-refractivity contribution is 5.99. The van der Waals surface area contributed by atoms with Crippen molar-refractivity contribution in [2.24, 2.45) is 0 Å². The third kappa shape index (κ3) is 1.65. The van der Waals surface area contributed by atoms with Crippen molar-refractivity contribution in [1.82, 2.24) is 0 Å². The SMILES string of the molecule is Cc1ccccc1C1=[N+]([O-])C(C)(C)CC1. The van der Waals surface area contributed by atoms with Gasteiger partial charge < -0.3 is 5.21 Å². The van der Waals surface area contributed by atoms with Crippen LogP contribution < -0.4 is 0 Å². The fraction of sp³-hybridized carbons (Fsp3) is 0.462. The maximum absolute atomic E-state index is 12.1. The number of hydrogen-bond acceptors (Lipinski definition) is 1. The third-order valence-corrected chi connectivity index (χ3v) is 3.22. The highest BCUT2D eigenvalue weighted by Gasteiger charge is 2.37. The van der Waals surface area contributed by atoms with Gasteiger partial charge in [0.25, 0.3) is 0 Å². The molecule has 1 aromatic carbocycles. The minimum atomic E-state index is -0.238. The van der Waals surface area contributed by atoms with Crippen LogP contribution in [0.15, 0.2) is 24.3 Å². The largest absolute Gasteiger partial charge is 0.623 e. The van der Waals surface area contributed by atoms with Gasteiger partial charge in [-0.05, 0) is 18.6 Å². The number of benzene rings is 1. The summed E-state index contributed by atoms with van der Waals surface area (Å²) in [5.74, 6) is 0. The molecule has 0 spiro atoms. The average molecular weight is 203 g/mol. The van der Waals surface area contributed by atoms with Gasteiger partial charge in [0, 0.05) is 32.3 Å². The zero-order chi connectivity index (χ0) is 11.1. The summed E-state index contributed by atoms with van der Waals surface area (Å²) in [6, 6.07) is 8.10. The van der Waals surface area contributed by atoms with Gasteiger partial charge in [0.15, 0.2) is 11.3 Å². The molecule has 0 aromatic heterocycles. The lowest BCUT2D eigenvalue weighted by molar-refractivity contribution is -0.530. The lowest BCUT2D eigenvalue weighted by Gasteiger charge is -2.18. The molecule has 1 aromatic rings. The second-order valence-corrected chi connectivity index (χ2v) is 4.87. The van der Waals surface area contributed by atoms with E-state index in [0.29, 0.717) is 0 Å². The van der Waals surface area contributed by atoms with Crippen molar-refractivity contribution in [3.63, 3.8) is 0 Å². The Morgan fingerprint density at radius 3 is 2.47 bits per heavy atom. The molecule has 80 valence electrons. The fourth-order valence-corrected chi connectivity index (χ4v) is 2.13. The normalized spacial score (nSPS) is 19.7. The van der Waals surface area contributed by atoms with Crippen LogP contribution in [-0.4, -0.2) is 16.0 Å². The van der Waals surface area contributed by atoms with E-state index in [0.717, 1.165) is 24.1 Å². The number of rotatable bonds is 1. The average Bonchev–Trinajstić information content (AvgIpc) is 2.44. The van der Waals surface area contributed by atoms with Crippen LogP contribution in [0.2, 0.25) is 0 Å². The molecule has 0 saturated carbocycles. The van der Waals surface area contributed by atoms with E-state index in [4.69, 9.17) is 0 Å². The first-order valence-electron chi connectivity index (χ1n) is 5.41. The Hall–Kier alpha value is -1.31. The van der Waals surface area contributed by atoms with Crippen LogP contribution in [0.3, 0.4) is 0 Å². The van der Waals surface area contributed by atoms with E-state index < -0.39 is 0 Å². The van der Waals surface area contributed by atoms with Crippen molar-refractivity contribution >= 4 is 5.71 Å². The minimum Gasteiger partial charge on any atom is -0.623 e. The highest BCUT2D eigenvalue weighted by atomic mass is 16.5. The zero-order valence-corrected chi connectivity index (χ0v) is 9.58. The molecule has 0 amide bonds. The molecule has 0 fully saturated rings. The second kappa shape index (κ2) is 3.37. The van der Waals surface area contributed by atoms with Crippen LogP contribution in [0.5, 0.6) is 0 Å². The molecular formula is C13H17NO. The maximum atomic E-state index is 12.1. The van der Waals surface area contributed by atoms with Gasteiger partial charge >= 0.3 is 0 Å². The monoisotopic (exact) mass is 203 g/mol. The van der Waals surface area contributed by atoms with Crippen LogP contribution in [0, 0.1) is 12.1 Å². The van der Waals surface area contributed by atoms with Gasteiger partial charge in [0.1, 0.15) is 0 Å². The van der Waals surface area contributed by atoms with Gasteiger partial charge in [-0.1, -0.05) is 18.2 Å². The summed E-state index contributed by atoms with van der Waals surface area (Å²) in [7, 11) is 0. The Morgan fingerprint density at radius 2 is 1.93 bits per heavy atom. The molecule has 1 heterocycles. The number of hydroxylamine groups is 1. The summed E-state index contributed by atoms with van der Waals surface area (Å²) in [5, 5.41) is 12.1. The Labute approximate surface area is 90.8 Å². The predicted molar refractivity (Wildman–Crippen MR) is 62.2 cm³/mol. The van der Waals surface area contributed by atoms with E-state index >= 15 is 0 Å². The van der Waals surface area contributed by atoms with Crippen molar-refractivity contribution in [3.05, 3.63) is 40.6 Å². The van der Waals surface area contributed by atoms with Crippen molar-refractivity contribution in [3.8, 4) is 0 Å². The Kier molecular flexibility index (Phi) is 2.29. The van der Waals surface area contributed by atoms with E-state index in [9.17, 15) is 5.21 Å². The summed E-state index contributed by atoms with van der Waals surface area (Å²) in [6.07, 6.45) is 1.83. The van der Waals surface area contributed by atoms with Gasteiger partial charge in [-0.15, -0.1) is 0 Å². The number of aryl methyl sites for hydroxylation is 1. The molecule has 0 atom stereocenters. The van der Waals surface area contributed by atoms with Crippen molar-refractivity contribution < 1.29 is 4.74 Å². The standard InChI is InChI=1S/C13H17NO/c1-10-6-4-5-7-11(10)12-8-9-13(2,3)14(12)15/h4-7H,8-9H2,1-3H3. The zero-order valence-electron chi connectivity index (χ0n) is 9.58. The highest BCUT2D eigenvalue weighted by Crippen LogP contribution is 2.27. The second-order valence-electron chi connectivity index (χ2n) is 4.87. The lowest BCUT2D eigenvalue weighted by Crippen LogP contribution is -2.29.